The number of fused-ring (bicyclic) bond motifs is 1. The van der Waals surface area contributed by atoms with Gasteiger partial charge in [-0.2, -0.15) is 0 Å². The van der Waals surface area contributed by atoms with Gasteiger partial charge in [0.25, 0.3) is 11.7 Å². The van der Waals surface area contributed by atoms with Crippen molar-refractivity contribution in [3.05, 3.63) is 42.4 Å². The van der Waals surface area contributed by atoms with Gasteiger partial charge >= 0.3 is 0 Å². The normalized spacial score (nSPS) is 22.1. The largest absolute Gasteiger partial charge is 0.459 e. The van der Waals surface area contributed by atoms with E-state index in [1.807, 2.05) is 18.2 Å². The van der Waals surface area contributed by atoms with E-state index in [-0.39, 0.29) is 17.6 Å². The van der Waals surface area contributed by atoms with Crippen LogP contribution in [0.15, 0.2) is 41.0 Å². The number of hydrogen-bond donors (Lipinski definition) is 1. The molecule has 5 rings (SSSR count). The summed E-state index contributed by atoms with van der Waals surface area (Å²) in [5.41, 5.74) is 0.641. The average molecular weight is 396 g/mol. The van der Waals surface area contributed by atoms with E-state index < -0.39 is 11.8 Å². The van der Waals surface area contributed by atoms with Crippen molar-refractivity contribution in [2.24, 2.45) is 0 Å². The number of amides is 2. The van der Waals surface area contributed by atoms with Crippen LogP contribution in [0.1, 0.15) is 55.5 Å². The third-order valence-electron chi connectivity index (χ3n) is 5.97. The summed E-state index contributed by atoms with van der Waals surface area (Å²) >= 11 is 0. The molecule has 2 amide bonds. The summed E-state index contributed by atoms with van der Waals surface area (Å²) in [5, 5.41) is 2.94. The molecule has 1 spiro atoms. The van der Waals surface area contributed by atoms with Crippen molar-refractivity contribution in [1.29, 1.82) is 0 Å². The molecular formula is C22H24N2O5. The second-order valence-electron chi connectivity index (χ2n) is 7.96. The highest BCUT2D eigenvalue weighted by Gasteiger charge is 2.42. The van der Waals surface area contributed by atoms with Crippen LogP contribution in [0.3, 0.4) is 0 Å². The molecule has 1 aliphatic carbocycles. The molecular weight excluding hydrogens is 372 g/mol. The fraction of sp³-hybridized carbons (Fsp3) is 0.455. The Morgan fingerprint density at radius 1 is 1.03 bits per heavy atom. The lowest BCUT2D eigenvalue weighted by Gasteiger charge is -2.31. The summed E-state index contributed by atoms with van der Waals surface area (Å²) in [6.07, 6.45) is 8.05. The molecule has 3 heterocycles. The van der Waals surface area contributed by atoms with Crippen molar-refractivity contribution in [1.82, 2.24) is 4.90 Å². The average Bonchev–Trinajstić information content (AvgIpc) is 3.47. The maximum absolute atomic E-state index is 12.9. The molecule has 7 heteroatoms. The predicted octanol–water partition coefficient (Wildman–Crippen LogP) is 3.95. The smallest absolute Gasteiger partial charge is 0.290 e. The highest BCUT2D eigenvalue weighted by molar-refractivity contribution is 6.00. The van der Waals surface area contributed by atoms with Gasteiger partial charge in [0, 0.05) is 31.1 Å². The van der Waals surface area contributed by atoms with Gasteiger partial charge in [-0.3, -0.25) is 9.59 Å². The maximum atomic E-state index is 12.9. The molecule has 3 aliphatic rings. The molecule has 1 aromatic heterocycles. The standard InChI is InChI=1S/C22H24N2O5/c25-20(16-6-4-12-24(16)21(26)18-7-5-13-27-18)23-15-8-9-17-19(14-15)29-22(28-17)10-2-1-3-11-22/h5,7-9,13-14,16H,1-4,6,10-12H2,(H,23,25). The Hall–Kier alpha value is -2.96. The summed E-state index contributed by atoms with van der Waals surface area (Å²) in [7, 11) is 0. The van der Waals surface area contributed by atoms with Crippen LogP contribution in [-0.4, -0.2) is 35.1 Å². The minimum Gasteiger partial charge on any atom is -0.459 e. The van der Waals surface area contributed by atoms with Crippen LogP contribution < -0.4 is 14.8 Å². The lowest BCUT2D eigenvalue weighted by molar-refractivity contribution is -0.119. The Labute approximate surface area is 169 Å². The summed E-state index contributed by atoms with van der Waals surface area (Å²) in [5.74, 6) is 0.651. The van der Waals surface area contributed by atoms with E-state index in [1.165, 1.54) is 12.7 Å². The number of rotatable bonds is 3. The number of ether oxygens (including phenoxy) is 2. The van der Waals surface area contributed by atoms with Gasteiger partial charge < -0.3 is 24.1 Å². The molecule has 0 bridgehead atoms. The number of carbonyl (C=O) groups excluding carboxylic acids is 2. The first kappa shape index (κ1) is 18.1. The van der Waals surface area contributed by atoms with Crippen LogP contribution in [0.4, 0.5) is 5.69 Å². The van der Waals surface area contributed by atoms with E-state index in [0.717, 1.165) is 37.9 Å². The Balaban J connectivity index is 1.28. The van der Waals surface area contributed by atoms with E-state index in [1.54, 1.807) is 17.0 Å². The second kappa shape index (κ2) is 7.13. The summed E-state index contributed by atoms with van der Waals surface area (Å²) < 4.78 is 17.4. The molecule has 2 fully saturated rings. The van der Waals surface area contributed by atoms with Crippen molar-refractivity contribution in [3.63, 3.8) is 0 Å². The third kappa shape index (κ3) is 3.34. The third-order valence-corrected chi connectivity index (χ3v) is 5.97. The molecule has 152 valence electrons. The highest BCUT2D eigenvalue weighted by atomic mass is 16.7. The van der Waals surface area contributed by atoms with Crippen molar-refractivity contribution in [3.8, 4) is 11.5 Å². The minimum absolute atomic E-state index is 0.200. The number of nitrogens with one attached hydrogen (secondary N) is 1. The monoisotopic (exact) mass is 396 g/mol. The number of benzene rings is 1. The zero-order chi connectivity index (χ0) is 19.8. The van der Waals surface area contributed by atoms with Gasteiger partial charge in [-0.1, -0.05) is 6.42 Å². The second-order valence-corrected chi connectivity index (χ2v) is 7.96. The Kier molecular flexibility index (Phi) is 4.45. The van der Waals surface area contributed by atoms with Gasteiger partial charge in [-0.15, -0.1) is 0 Å². The van der Waals surface area contributed by atoms with Crippen molar-refractivity contribution in [2.75, 3.05) is 11.9 Å². The topological polar surface area (TPSA) is 81.0 Å². The molecule has 1 saturated heterocycles. The number of carbonyl (C=O) groups is 2. The van der Waals surface area contributed by atoms with Gasteiger partial charge in [0.05, 0.1) is 6.26 Å². The fourth-order valence-electron chi connectivity index (χ4n) is 4.52. The van der Waals surface area contributed by atoms with Gasteiger partial charge in [-0.25, -0.2) is 0 Å². The molecule has 1 unspecified atom stereocenters. The molecule has 2 aromatic rings. The first-order valence-corrected chi connectivity index (χ1v) is 10.3. The first-order valence-electron chi connectivity index (χ1n) is 10.3. The zero-order valence-corrected chi connectivity index (χ0v) is 16.2. The SMILES string of the molecule is O=C(Nc1ccc2c(c1)OC1(CCCCC1)O2)C1CCCN1C(=O)c1ccco1. The lowest BCUT2D eigenvalue weighted by Crippen LogP contribution is -2.43. The maximum Gasteiger partial charge on any atom is 0.290 e. The van der Waals surface area contributed by atoms with Gasteiger partial charge in [-0.05, 0) is 49.9 Å². The van der Waals surface area contributed by atoms with Crippen LogP contribution in [0, 0.1) is 0 Å². The molecule has 1 aromatic carbocycles. The Morgan fingerprint density at radius 2 is 1.86 bits per heavy atom. The van der Waals surface area contributed by atoms with E-state index in [4.69, 9.17) is 13.9 Å². The van der Waals surface area contributed by atoms with Crippen molar-refractivity contribution in [2.45, 2.75) is 56.8 Å². The zero-order valence-electron chi connectivity index (χ0n) is 16.2. The van der Waals surface area contributed by atoms with Gasteiger partial charge in [0.1, 0.15) is 6.04 Å². The molecule has 2 aliphatic heterocycles. The molecule has 29 heavy (non-hydrogen) atoms. The molecule has 1 atom stereocenters. The van der Waals surface area contributed by atoms with Crippen molar-refractivity contribution >= 4 is 17.5 Å². The summed E-state index contributed by atoms with van der Waals surface area (Å²) in [6.45, 7) is 0.543. The molecule has 7 nitrogen and oxygen atoms in total. The number of furan rings is 1. The van der Waals surface area contributed by atoms with E-state index in [0.29, 0.717) is 24.4 Å². The van der Waals surface area contributed by atoms with Gasteiger partial charge in [0.15, 0.2) is 17.3 Å². The number of anilines is 1. The fourth-order valence-corrected chi connectivity index (χ4v) is 4.52. The van der Waals surface area contributed by atoms with Crippen LogP contribution in [0.25, 0.3) is 0 Å². The minimum atomic E-state index is -0.541. The summed E-state index contributed by atoms with van der Waals surface area (Å²) in [4.78, 5) is 27.1. The van der Waals surface area contributed by atoms with E-state index in [9.17, 15) is 9.59 Å². The van der Waals surface area contributed by atoms with E-state index >= 15 is 0 Å². The quantitative estimate of drug-likeness (QED) is 0.850. The molecule has 1 saturated carbocycles. The summed E-state index contributed by atoms with van der Waals surface area (Å²) in [6, 6.07) is 8.25. The van der Waals surface area contributed by atoms with Gasteiger partial charge in [0.2, 0.25) is 5.91 Å². The van der Waals surface area contributed by atoms with Crippen molar-refractivity contribution < 1.29 is 23.5 Å². The molecule has 1 N–H and O–H groups in total. The first-order chi connectivity index (χ1) is 14.1. The number of hydrogen-bond acceptors (Lipinski definition) is 5. The van der Waals surface area contributed by atoms with Crippen LogP contribution >= 0.6 is 0 Å². The highest BCUT2D eigenvalue weighted by Crippen LogP contribution is 2.46. The number of nitrogens with zero attached hydrogens (tertiary/aromatic N) is 1. The lowest BCUT2D eigenvalue weighted by atomic mass is 9.94. The Bertz CT molecular complexity index is 917. The van der Waals surface area contributed by atoms with E-state index in [2.05, 4.69) is 5.32 Å². The van der Waals surface area contributed by atoms with Crippen LogP contribution in [0.2, 0.25) is 0 Å². The van der Waals surface area contributed by atoms with Crippen LogP contribution in [0.5, 0.6) is 11.5 Å². The number of likely N-dealkylation sites (tertiary alicyclic amines) is 1. The Morgan fingerprint density at radius 3 is 2.66 bits per heavy atom. The van der Waals surface area contributed by atoms with Crippen LogP contribution in [-0.2, 0) is 4.79 Å². The predicted molar refractivity (Wildman–Crippen MR) is 105 cm³/mol. The molecule has 0 radical (unpaired) electrons.